The summed E-state index contributed by atoms with van der Waals surface area (Å²) in [4.78, 5) is 32.1. The van der Waals surface area contributed by atoms with Crippen LogP contribution in [-0.2, 0) is 9.59 Å². The van der Waals surface area contributed by atoms with Gasteiger partial charge in [-0.3, -0.25) is 24.4 Å². The molecule has 0 aromatic carbocycles. The molecule has 0 aliphatic carbocycles. The van der Waals surface area contributed by atoms with E-state index < -0.39 is 0 Å². The number of rotatable bonds is 3. The van der Waals surface area contributed by atoms with Gasteiger partial charge in [-0.15, -0.1) is 0 Å². The fourth-order valence-corrected chi connectivity index (χ4v) is 3.39. The van der Waals surface area contributed by atoms with Crippen molar-refractivity contribution < 1.29 is 14.7 Å². The predicted molar refractivity (Wildman–Crippen MR) is 70.4 cm³/mol. The number of hydrogen-bond acceptors (Lipinski definition) is 5. The fraction of sp³-hybridized carbons (Fsp3) is 0.500. The van der Waals surface area contributed by atoms with Gasteiger partial charge >= 0.3 is 0 Å². The lowest BCUT2D eigenvalue weighted by Gasteiger charge is -2.25. The number of aliphatic hydroxyl groups is 1. The molecule has 2 aliphatic heterocycles. The van der Waals surface area contributed by atoms with E-state index in [0.29, 0.717) is 6.54 Å². The van der Waals surface area contributed by atoms with Crippen LogP contribution in [0.5, 0.6) is 0 Å². The monoisotopic (exact) mass is 275 g/mol. The number of hydrogen-bond donors (Lipinski definition) is 1. The number of carbonyl (C=O) groups is 2. The van der Waals surface area contributed by atoms with Crippen LogP contribution >= 0.6 is 0 Å². The van der Waals surface area contributed by atoms with Crippen LogP contribution in [0.25, 0.3) is 0 Å². The van der Waals surface area contributed by atoms with E-state index in [1.807, 2.05) is 24.1 Å². The van der Waals surface area contributed by atoms with Crippen molar-refractivity contribution in [3.63, 3.8) is 0 Å². The first-order chi connectivity index (χ1) is 9.65. The van der Waals surface area contributed by atoms with E-state index in [-0.39, 0.29) is 42.8 Å². The molecule has 106 valence electrons. The fourth-order valence-electron chi connectivity index (χ4n) is 3.39. The molecule has 2 saturated heterocycles. The van der Waals surface area contributed by atoms with Crippen molar-refractivity contribution in [2.75, 3.05) is 26.7 Å². The van der Waals surface area contributed by atoms with Gasteiger partial charge in [-0.25, -0.2) is 0 Å². The van der Waals surface area contributed by atoms with Gasteiger partial charge in [0, 0.05) is 25.0 Å². The van der Waals surface area contributed by atoms with Gasteiger partial charge in [-0.2, -0.15) is 0 Å². The molecule has 0 radical (unpaired) electrons. The average Bonchev–Trinajstić information content (AvgIpc) is 2.91. The third kappa shape index (κ3) is 1.83. The summed E-state index contributed by atoms with van der Waals surface area (Å²) in [5, 5.41) is 8.99. The zero-order chi connectivity index (χ0) is 14.3. The second-order valence-electron chi connectivity index (χ2n) is 5.35. The lowest BCUT2D eigenvalue weighted by Crippen LogP contribution is -2.37. The normalized spacial score (nSPS) is 30.1. The standard InChI is InChI=1S/C14H17N3O3/c1-16-8-10-11(12(16)9-3-2-4-15-7-9)14(20)17(5-6-18)13(10)19/h2-4,7,10-12,18H,5-6,8H2,1H3. The van der Waals surface area contributed by atoms with Gasteiger partial charge in [-0.1, -0.05) is 6.07 Å². The zero-order valence-electron chi connectivity index (χ0n) is 11.3. The van der Waals surface area contributed by atoms with Gasteiger partial charge < -0.3 is 5.11 Å². The number of carbonyl (C=O) groups excluding carboxylic acids is 2. The molecule has 3 unspecified atom stereocenters. The lowest BCUT2D eigenvalue weighted by molar-refractivity contribution is -0.141. The molecular formula is C14H17N3O3. The maximum Gasteiger partial charge on any atom is 0.235 e. The molecule has 20 heavy (non-hydrogen) atoms. The van der Waals surface area contributed by atoms with Crippen molar-refractivity contribution in [2.45, 2.75) is 6.04 Å². The summed E-state index contributed by atoms with van der Waals surface area (Å²) >= 11 is 0. The number of aliphatic hydroxyl groups excluding tert-OH is 1. The number of aromatic nitrogens is 1. The summed E-state index contributed by atoms with van der Waals surface area (Å²) in [6, 6.07) is 3.65. The molecule has 0 spiro atoms. The van der Waals surface area contributed by atoms with Gasteiger partial charge in [0.25, 0.3) is 0 Å². The van der Waals surface area contributed by atoms with E-state index >= 15 is 0 Å². The minimum Gasteiger partial charge on any atom is -0.395 e. The van der Waals surface area contributed by atoms with Crippen LogP contribution in [0.2, 0.25) is 0 Å². The van der Waals surface area contributed by atoms with Crippen molar-refractivity contribution in [2.24, 2.45) is 11.8 Å². The van der Waals surface area contributed by atoms with Crippen molar-refractivity contribution in [1.29, 1.82) is 0 Å². The predicted octanol–water partition coefficient (Wildman–Crippen LogP) is -0.338. The maximum absolute atomic E-state index is 12.5. The molecule has 1 aromatic heterocycles. The van der Waals surface area contributed by atoms with Crippen LogP contribution in [0.4, 0.5) is 0 Å². The molecule has 2 fully saturated rings. The quantitative estimate of drug-likeness (QED) is 0.764. The molecule has 3 atom stereocenters. The van der Waals surface area contributed by atoms with Crippen LogP contribution < -0.4 is 0 Å². The molecule has 6 heteroatoms. The Morgan fingerprint density at radius 1 is 1.40 bits per heavy atom. The highest BCUT2D eigenvalue weighted by Crippen LogP contribution is 2.45. The summed E-state index contributed by atoms with van der Waals surface area (Å²) < 4.78 is 0. The highest BCUT2D eigenvalue weighted by Gasteiger charge is 2.56. The highest BCUT2D eigenvalue weighted by atomic mass is 16.3. The lowest BCUT2D eigenvalue weighted by atomic mass is 9.89. The van der Waals surface area contributed by atoms with Crippen LogP contribution in [0.3, 0.4) is 0 Å². The Morgan fingerprint density at radius 2 is 2.20 bits per heavy atom. The third-order valence-electron chi connectivity index (χ3n) is 4.22. The van der Waals surface area contributed by atoms with Crippen LogP contribution in [0, 0.1) is 11.8 Å². The summed E-state index contributed by atoms with van der Waals surface area (Å²) in [5.74, 6) is -0.993. The average molecular weight is 275 g/mol. The topological polar surface area (TPSA) is 73.7 Å². The number of nitrogens with zero attached hydrogens (tertiary/aromatic N) is 3. The number of imide groups is 1. The van der Waals surface area contributed by atoms with Crippen molar-refractivity contribution >= 4 is 11.8 Å². The number of fused-ring (bicyclic) bond motifs is 1. The summed E-state index contributed by atoms with van der Waals surface area (Å²) in [6.07, 6.45) is 3.44. The Kier molecular flexibility index (Phi) is 3.27. The first-order valence-electron chi connectivity index (χ1n) is 6.71. The van der Waals surface area contributed by atoms with E-state index in [4.69, 9.17) is 5.11 Å². The molecule has 2 aliphatic rings. The molecule has 6 nitrogen and oxygen atoms in total. The van der Waals surface area contributed by atoms with Crippen molar-refractivity contribution in [1.82, 2.24) is 14.8 Å². The Hall–Kier alpha value is -1.79. The Labute approximate surface area is 117 Å². The van der Waals surface area contributed by atoms with E-state index in [9.17, 15) is 9.59 Å². The first-order valence-corrected chi connectivity index (χ1v) is 6.71. The third-order valence-corrected chi connectivity index (χ3v) is 4.22. The molecule has 2 amide bonds. The molecule has 1 aromatic rings. The molecule has 0 saturated carbocycles. The van der Waals surface area contributed by atoms with Gasteiger partial charge in [0.15, 0.2) is 0 Å². The second kappa shape index (κ2) is 4.96. The van der Waals surface area contributed by atoms with Crippen LogP contribution in [-0.4, -0.2) is 58.4 Å². The second-order valence-corrected chi connectivity index (χ2v) is 5.35. The number of amides is 2. The molecule has 1 N–H and O–H groups in total. The Balaban J connectivity index is 1.94. The van der Waals surface area contributed by atoms with E-state index in [1.165, 1.54) is 4.90 Å². The van der Waals surface area contributed by atoms with Gasteiger partial charge in [0.1, 0.15) is 0 Å². The number of likely N-dealkylation sites (tertiary alicyclic amines) is 2. The van der Waals surface area contributed by atoms with Gasteiger partial charge in [0.2, 0.25) is 11.8 Å². The number of β-amino-alcohol motifs (C(OH)–C–C–N with tert-alkyl or cyclic N) is 1. The summed E-state index contributed by atoms with van der Waals surface area (Å²) in [6.45, 7) is 0.467. The Bertz CT molecular complexity index is 534. The molecular weight excluding hydrogens is 258 g/mol. The molecule has 3 heterocycles. The Morgan fingerprint density at radius 3 is 2.85 bits per heavy atom. The van der Waals surface area contributed by atoms with E-state index in [1.54, 1.807) is 12.4 Å². The maximum atomic E-state index is 12.5. The van der Waals surface area contributed by atoms with E-state index in [0.717, 1.165) is 5.56 Å². The minimum absolute atomic E-state index is 0.0914. The smallest absolute Gasteiger partial charge is 0.235 e. The van der Waals surface area contributed by atoms with Crippen LogP contribution in [0.15, 0.2) is 24.5 Å². The summed E-state index contributed by atoms with van der Waals surface area (Å²) in [5.41, 5.74) is 0.953. The largest absolute Gasteiger partial charge is 0.395 e. The van der Waals surface area contributed by atoms with Crippen molar-refractivity contribution in [3.05, 3.63) is 30.1 Å². The minimum atomic E-state index is -0.358. The summed E-state index contributed by atoms with van der Waals surface area (Å²) in [7, 11) is 1.92. The van der Waals surface area contributed by atoms with E-state index in [2.05, 4.69) is 4.98 Å². The first kappa shape index (κ1) is 13.2. The van der Waals surface area contributed by atoms with Gasteiger partial charge in [0.05, 0.1) is 25.0 Å². The molecule has 3 rings (SSSR count). The molecule has 0 bridgehead atoms. The highest BCUT2D eigenvalue weighted by molar-refractivity contribution is 6.06. The SMILES string of the molecule is CN1CC2C(=O)N(CCO)C(=O)C2C1c1cccnc1. The van der Waals surface area contributed by atoms with Crippen molar-refractivity contribution in [3.8, 4) is 0 Å². The zero-order valence-corrected chi connectivity index (χ0v) is 11.3. The number of pyridine rings is 1. The van der Waals surface area contributed by atoms with Crippen LogP contribution in [0.1, 0.15) is 11.6 Å². The van der Waals surface area contributed by atoms with Gasteiger partial charge in [-0.05, 0) is 18.7 Å².